The topological polar surface area (TPSA) is 93.9 Å². The number of aliphatic carboxylic acids is 1. The van der Waals surface area contributed by atoms with Gasteiger partial charge in [0, 0.05) is 38.0 Å². The van der Waals surface area contributed by atoms with Crippen molar-refractivity contribution in [3.8, 4) is 6.07 Å². The van der Waals surface area contributed by atoms with Crippen LogP contribution in [0, 0.1) is 11.3 Å². The molecule has 1 amide bonds. The number of benzene rings is 1. The number of amides is 1. The van der Waals surface area contributed by atoms with Crippen LogP contribution in [0.2, 0.25) is 0 Å². The summed E-state index contributed by atoms with van der Waals surface area (Å²) in [5.41, 5.74) is 0.833. The lowest BCUT2D eigenvalue weighted by molar-refractivity contribution is -0.137. The van der Waals surface area contributed by atoms with Crippen molar-refractivity contribution in [2.24, 2.45) is 0 Å². The minimum Gasteiger partial charge on any atom is -0.481 e. The van der Waals surface area contributed by atoms with Gasteiger partial charge in [-0.25, -0.2) is 4.79 Å². The molecular formula is C18H21N3O4. The van der Waals surface area contributed by atoms with Crippen molar-refractivity contribution >= 4 is 17.7 Å². The number of carboxylic acid groups (broad SMARTS) is 1. The Hall–Kier alpha value is -2.59. The van der Waals surface area contributed by atoms with Crippen LogP contribution in [-0.4, -0.2) is 53.8 Å². The van der Waals surface area contributed by atoms with Gasteiger partial charge in [-0.3, -0.25) is 9.69 Å². The summed E-state index contributed by atoms with van der Waals surface area (Å²) in [5, 5.41) is 17.6. The highest BCUT2D eigenvalue weighted by molar-refractivity contribution is 5.90. The molecule has 1 N–H and O–H groups in total. The third kappa shape index (κ3) is 3.91. The number of ether oxygens (including phenoxy) is 1. The monoisotopic (exact) mass is 343 g/mol. The first-order chi connectivity index (χ1) is 12.0. The molecule has 0 unspecified atom stereocenters. The maximum Gasteiger partial charge on any atom is 0.415 e. The van der Waals surface area contributed by atoms with Crippen molar-refractivity contribution in [1.82, 2.24) is 4.90 Å². The molecule has 2 aliphatic heterocycles. The Morgan fingerprint density at radius 1 is 1.28 bits per heavy atom. The molecule has 0 aliphatic carbocycles. The molecule has 0 radical (unpaired) electrons. The average Bonchev–Trinajstić information content (AvgIpc) is 2.93. The summed E-state index contributed by atoms with van der Waals surface area (Å²) in [5.74, 6) is -0.767. The van der Waals surface area contributed by atoms with E-state index in [1.165, 1.54) is 0 Å². The van der Waals surface area contributed by atoms with E-state index in [1.807, 2.05) is 0 Å². The van der Waals surface area contributed by atoms with Crippen LogP contribution in [0.15, 0.2) is 24.3 Å². The molecule has 2 fully saturated rings. The van der Waals surface area contributed by atoms with E-state index in [1.54, 1.807) is 29.2 Å². The predicted octanol–water partition coefficient (Wildman–Crippen LogP) is 2.21. The molecule has 25 heavy (non-hydrogen) atoms. The van der Waals surface area contributed by atoms with Crippen LogP contribution in [0.3, 0.4) is 0 Å². The second-order valence-electron chi connectivity index (χ2n) is 6.63. The van der Waals surface area contributed by atoms with Gasteiger partial charge in [0.2, 0.25) is 0 Å². The van der Waals surface area contributed by atoms with Gasteiger partial charge in [-0.05, 0) is 37.2 Å². The molecule has 0 atom stereocenters. The van der Waals surface area contributed by atoms with Crippen LogP contribution in [0.1, 0.15) is 31.2 Å². The molecule has 7 heteroatoms. The Labute approximate surface area is 146 Å². The highest BCUT2D eigenvalue weighted by atomic mass is 16.6. The predicted molar refractivity (Wildman–Crippen MR) is 90.3 cm³/mol. The molecule has 0 aromatic heterocycles. The van der Waals surface area contributed by atoms with Gasteiger partial charge < -0.3 is 14.7 Å². The Kier molecular flexibility index (Phi) is 4.91. The first kappa shape index (κ1) is 17.2. The number of rotatable bonds is 5. The van der Waals surface area contributed by atoms with E-state index in [-0.39, 0.29) is 12.5 Å². The number of piperidine rings is 1. The number of likely N-dealkylation sites (tertiary alicyclic amines) is 1. The number of carboxylic acids is 1. The van der Waals surface area contributed by atoms with Crippen LogP contribution in [0.25, 0.3) is 0 Å². The summed E-state index contributed by atoms with van der Waals surface area (Å²) in [6, 6.07) is 8.98. The van der Waals surface area contributed by atoms with Gasteiger partial charge in [0.1, 0.15) is 5.60 Å². The van der Waals surface area contributed by atoms with E-state index in [9.17, 15) is 9.59 Å². The Morgan fingerprint density at radius 2 is 1.96 bits per heavy atom. The third-order valence-corrected chi connectivity index (χ3v) is 4.91. The molecule has 2 heterocycles. The molecule has 1 aromatic carbocycles. The lowest BCUT2D eigenvalue weighted by atomic mass is 9.91. The second kappa shape index (κ2) is 7.11. The van der Waals surface area contributed by atoms with Gasteiger partial charge in [-0.15, -0.1) is 0 Å². The molecule has 7 nitrogen and oxygen atoms in total. The maximum absolute atomic E-state index is 12.3. The van der Waals surface area contributed by atoms with Crippen molar-refractivity contribution in [1.29, 1.82) is 5.26 Å². The van der Waals surface area contributed by atoms with Crippen LogP contribution >= 0.6 is 0 Å². The van der Waals surface area contributed by atoms with Gasteiger partial charge in [0.05, 0.1) is 18.2 Å². The molecule has 1 aromatic rings. The molecule has 3 rings (SSSR count). The molecule has 2 aliphatic rings. The number of carbonyl (C=O) groups excluding carboxylic acids is 1. The van der Waals surface area contributed by atoms with E-state index in [0.29, 0.717) is 18.5 Å². The summed E-state index contributed by atoms with van der Waals surface area (Å²) in [4.78, 5) is 26.7. The van der Waals surface area contributed by atoms with E-state index in [0.717, 1.165) is 38.2 Å². The molecule has 2 saturated heterocycles. The summed E-state index contributed by atoms with van der Waals surface area (Å²) < 4.78 is 5.71. The van der Waals surface area contributed by atoms with Crippen molar-refractivity contribution < 1.29 is 19.4 Å². The van der Waals surface area contributed by atoms with Crippen molar-refractivity contribution in [2.45, 2.75) is 31.3 Å². The Balaban J connectivity index is 1.57. The number of nitriles is 1. The van der Waals surface area contributed by atoms with Crippen LogP contribution in [0.4, 0.5) is 10.5 Å². The number of carbonyl (C=O) groups is 2. The lowest BCUT2D eigenvalue weighted by Gasteiger charge is -2.37. The fourth-order valence-electron chi connectivity index (χ4n) is 3.44. The first-order valence-electron chi connectivity index (χ1n) is 8.46. The van der Waals surface area contributed by atoms with Gasteiger partial charge in [-0.1, -0.05) is 0 Å². The van der Waals surface area contributed by atoms with E-state index >= 15 is 0 Å². The summed E-state index contributed by atoms with van der Waals surface area (Å²) in [6.45, 7) is 2.87. The number of hydrogen-bond donors (Lipinski definition) is 1. The average molecular weight is 343 g/mol. The summed E-state index contributed by atoms with van der Waals surface area (Å²) >= 11 is 0. The Bertz CT molecular complexity index is 687. The standard InChI is InChI=1S/C18H21N3O4/c19-12-14-3-5-15(6-4-14)21-13-18(25-17(21)24)7-10-20(11-8-18)9-1-2-16(22)23/h3-6H,1-2,7-11,13H2,(H,22,23). The first-order valence-corrected chi connectivity index (χ1v) is 8.46. The van der Waals surface area contributed by atoms with E-state index in [4.69, 9.17) is 15.1 Å². The minimum atomic E-state index is -0.767. The number of nitrogens with zero attached hydrogens (tertiary/aromatic N) is 3. The van der Waals surface area contributed by atoms with Crippen LogP contribution in [0.5, 0.6) is 0 Å². The zero-order chi connectivity index (χ0) is 17.9. The molecule has 1 spiro atoms. The van der Waals surface area contributed by atoms with Crippen molar-refractivity contribution in [3.05, 3.63) is 29.8 Å². The SMILES string of the molecule is N#Cc1ccc(N2CC3(CCN(CCCC(=O)O)CC3)OC2=O)cc1. The second-order valence-corrected chi connectivity index (χ2v) is 6.63. The minimum absolute atomic E-state index is 0.184. The van der Waals surface area contributed by atoms with Crippen LogP contribution < -0.4 is 4.90 Å². The highest BCUT2D eigenvalue weighted by Crippen LogP contribution is 2.35. The van der Waals surface area contributed by atoms with Gasteiger partial charge in [0.15, 0.2) is 0 Å². The molecule has 0 bridgehead atoms. The lowest BCUT2D eigenvalue weighted by Crippen LogP contribution is -2.47. The largest absolute Gasteiger partial charge is 0.481 e. The zero-order valence-corrected chi connectivity index (χ0v) is 14.0. The molecule has 132 valence electrons. The maximum atomic E-state index is 12.3. The summed E-state index contributed by atoms with van der Waals surface area (Å²) in [7, 11) is 0. The zero-order valence-electron chi connectivity index (χ0n) is 14.0. The molecular weight excluding hydrogens is 322 g/mol. The van der Waals surface area contributed by atoms with Gasteiger partial charge in [-0.2, -0.15) is 5.26 Å². The Morgan fingerprint density at radius 3 is 2.56 bits per heavy atom. The van der Waals surface area contributed by atoms with E-state index in [2.05, 4.69) is 11.0 Å². The van der Waals surface area contributed by atoms with E-state index < -0.39 is 11.6 Å². The van der Waals surface area contributed by atoms with Crippen molar-refractivity contribution in [2.75, 3.05) is 31.1 Å². The number of hydrogen-bond acceptors (Lipinski definition) is 5. The van der Waals surface area contributed by atoms with Crippen LogP contribution in [-0.2, 0) is 9.53 Å². The quantitative estimate of drug-likeness (QED) is 0.881. The smallest absolute Gasteiger partial charge is 0.415 e. The number of anilines is 1. The third-order valence-electron chi connectivity index (χ3n) is 4.91. The molecule has 0 saturated carbocycles. The van der Waals surface area contributed by atoms with Crippen molar-refractivity contribution in [3.63, 3.8) is 0 Å². The highest BCUT2D eigenvalue weighted by Gasteiger charge is 2.47. The fourth-order valence-corrected chi connectivity index (χ4v) is 3.44. The van der Waals surface area contributed by atoms with Gasteiger partial charge >= 0.3 is 12.1 Å². The summed E-state index contributed by atoms with van der Waals surface area (Å²) in [6.07, 6.45) is 1.98. The normalized spacial score (nSPS) is 19.6. The fraction of sp³-hybridized carbons (Fsp3) is 0.500. The van der Waals surface area contributed by atoms with Gasteiger partial charge in [0.25, 0.3) is 0 Å².